The van der Waals surface area contributed by atoms with E-state index in [0.717, 1.165) is 32.4 Å². The van der Waals surface area contributed by atoms with Crippen molar-refractivity contribution in [2.45, 2.75) is 91.4 Å². The molecule has 0 aromatic heterocycles. The third-order valence-electron chi connectivity index (χ3n) is 3.05. The molecule has 0 radical (unpaired) electrons. The van der Waals surface area contributed by atoms with Crippen molar-refractivity contribution >= 4 is 5.97 Å². The minimum absolute atomic E-state index is 0.343. The molecule has 0 aliphatic heterocycles. The van der Waals surface area contributed by atoms with Gasteiger partial charge >= 0.3 is 5.97 Å². The first-order chi connectivity index (χ1) is 10.2. The summed E-state index contributed by atoms with van der Waals surface area (Å²) in [6, 6.07) is 0. The molecule has 2 N–H and O–H groups in total. The normalized spacial score (nSPS) is 10.0. The minimum Gasteiger partial charge on any atom is -0.481 e. The van der Waals surface area contributed by atoms with Crippen molar-refractivity contribution in [2.24, 2.45) is 0 Å². The van der Waals surface area contributed by atoms with Gasteiger partial charge in [-0.25, -0.2) is 5.48 Å². The predicted molar refractivity (Wildman–Crippen MR) is 89.4 cm³/mol. The number of aliphatic carboxylic acids is 1. The van der Waals surface area contributed by atoms with E-state index >= 15 is 0 Å². The maximum Gasteiger partial charge on any atom is 0.303 e. The Balaban J connectivity index is 0. The molecule has 0 amide bonds. The van der Waals surface area contributed by atoms with Crippen LogP contribution < -0.4 is 5.48 Å². The highest BCUT2D eigenvalue weighted by molar-refractivity contribution is 5.66. The van der Waals surface area contributed by atoms with E-state index in [1.807, 2.05) is 6.92 Å². The van der Waals surface area contributed by atoms with Crippen LogP contribution in [0.1, 0.15) is 91.4 Å². The van der Waals surface area contributed by atoms with Gasteiger partial charge in [-0.1, -0.05) is 72.1 Å². The van der Waals surface area contributed by atoms with Gasteiger partial charge in [-0.05, 0) is 12.8 Å². The largest absolute Gasteiger partial charge is 0.481 e. The Hall–Kier alpha value is -0.610. The molecule has 4 heteroatoms. The van der Waals surface area contributed by atoms with Crippen LogP contribution in [0.4, 0.5) is 0 Å². The van der Waals surface area contributed by atoms with Crippen molar-refractivity contribution in [1.82, 2.24) is 5.48 Å². The zero-order chi connectivity index (χ0) is 16.2. The Morgan fingerprint density at radius 3 is 1.81 bits per heavy atom. The first kappa shape index (κ1) is 22.7. The molecule has 0 heterocycles. The Labute approximate surface area is 131 Å². The van der Waals surface area contributed by atoms with Gasteiger partial charge in [0.1, 0.15) is 0 Å². The molecule has 0 unspecified atom stereocenters. The van der Waals surface area contributed by atoms with Crippen LogP contribution in [0.3, 0.4) is 0 Å². The van der Waals surface area contributed by atoms with Crippen molar-refractivity contribution in [3.8, 4) is 0 Å². The summed E-state index contributed by atoms with van der Waals surface area (Å²) < 4.78 is 0. The quantitative estimate of drug-likeness (QED) is 0.353. The number of nitrogens with one attached hydrogen (secondary N) is 1. The second kappa shape index (κ2) is 21.7. The molecule has 0 aliphatic rings. The summed E-state index contributed by atoms with van der Waals surface area (Å²) in [4.78, 5) is 15.1. The fourth-order valence-corrected chi connectivity index (χ4v) is 1.86. The highest BCUT2D eigenvalue weighted by atomic mass is 16.6. The van der Waals surface area contributed by atoms with Crippen molar-refractivity contribution in [3.63, 3.8) is 0 Å². The summed E-state index contributed by atoms with van der Waals surface area (Å²) >= 11 is 0. The molecule has 0 saturated heterocycles. The molecular formula is C17H37NO3. The molecule has 128 valence electrons. The fraction of sp³-hybridized carbons (Fsp3) is 0.941. The molecule has 0 bridgehead atoms. The third kappa shape index (κ3) is 28.3. The van der Waals surface area contributed by atoms with E-state index < -0.39 is 5.97 Å². The number of unbranched alkanes of at least 4 members (excludes halogenated alkanes) is 8. The summed E-state index contributed by atoms with van der Waals surface area (Å²) in [5.74, 6) is -0.659. The van der Waals surface area contributed by atoms with Crippen LogP contribution >= 0.6 is 0 Å². The van der Waals surface area contributed by atoms with Crippen LogP contribution in [0.25, 0.3) is 0 Å². The Morgan fingerprint density at radius 2 is 1.38 bits per heavy atom. The smallest absolute Gasteiger partial charge is 0.303 e. The molecule has 0 atom stereocenters. The predicted octanol–water partition coefficient (Wildman–Crippen LogP) is 4.93. The second-order valence-electron chi connectivity index (χ2n) is 5.32. The second-order valence-corrected chi connectivity index (χ2v) is 5.32. The fourth-order valence-electron chi connectivity index (χ4n) is 1.86. The average molecular weight is 303 g/mol. The first-order valence-corrected chi connectivity index (χ1v) is 8.75. The number of hydroxylamine groups is 1. The third-order valence-corrected chi connectivity index (χ3v) is 3.05. The van der Waals surface area contributed by atoms with Gasteiger partial charge in [0.05, 0.1) is 6.61 Å². The SMILES string of the molecule is CCCCCCCCCCCC(=O)O.CCCONCC. The zero-order valence-corrected chi connectivity index (χ0v) is 14.5. The standard InChI is InChI=1S/C12H24O2.C5H13NO/c1-2-3-4-5-6-7-8-9-10-11-12(13)14;1-3-5-7-6-4-2/h2-11H2,1H3,(H,13,14);6H,3-5H2,1-2H3. The molecule has 0 rings (SSSR count). The van der Waals surface area contributed by atoms with Crippen molar-refractivity contribution in [2.75, 3.05) is 13.2 Å². The van der Waals surface area contributed by atoms with E-state index in [2.05, 4.69) is 19.3 Å². The minimum atomic E-state index is -0.659. The van der Waals surface area contributed by atoms with Crippen LogP contribution in [-0.2, 0) is 9.63 Å². The summed E-state index contributed by atoms with van der Waals surface area (Å²) in [7, 11) is 0. The maximum absolute atomic E-state index is 10.2. The first-order valence-electron chi connectivity index (χ1n) is 8.75. The molecule has 0 saturated carbocycles. The topological polar surface area (TPSA) is 58.6 Å². The lowest BCUT2D eigenvalue weighted by atomic mass is 10.1. The van der Waals surface area contributed by atoms with E-state index in [4.69, 9.17) is 9.94 Å². The zero-order valence-electron chi connectivity index (χ0n) is 14.5. The molecule has 0 spiro atoms. The van der Waals surface area contributed by atoms with Gasteiger partial charge < -0.3 is 9.94 Å². The lowest BCUT2D eigenvalue weighted by Gasteiger charge is -2.00. The van der Waals surface area contributed by atoms with E-state index in [0.29, 0.717) is 6.42 Å². The summed E-state index contributed by atoms with van der Waals surface area (Å²) in [6.45, 7) is 8.02. The van der Waals surface area contributed by atoms with Gasteiger partial charge in [0, 0.05) is 13.0 Å². The van der Waals surface area contributed by atoms with Gasteiger partial charge in [0.15, 0.2) is 0 Å². The lowest BCUT2D eigenvalue weighted by Crippen LogP contribution is -2.13. The molecule has 0 fully saturated rings. The number of carbonyl (C=O) groups is 1. The molecule has 0 aromatic rings. The van der Waals surface area contributed by atoms with Gasteiger partial charge in [0.2, 0.25) is 0 Å². The van der Waals surface area contributed by atoms with Crippen molar-refractivity contribution in [3.05, 3.63) is 0 Å². The summed E-state index contributed by atoms with van der Waals surface area (Å²) in [5, 5.41) is 8.41. The molecule has 0 aliphatic carbocycles. The van der Waals surface area contributed by atoms with Crippen LogP contribution in [0.5, 0.6) is 0 Å². The van der Waals surface area contributed by atoms with Gasteiger partial charge in [-0.2, -0.15) is 0 Å². The van der Waals surface area contributed by atoms with Crippen LogP contribution in [-0.4, -0.2) is 24.2 Å². The van der Waals surface area contributed by atoms with Crippen molar-refractivity contribution < 1.29 is 14.7 Å². The number of carboxylic acids is 1. The van der Waals surface area contributed by atoms with E-state index in [-0.39, 0.29) is 0 Å². The summed E-state index contributed by atoms with van der Waals surface area (Å²) in [6.07, 6.45) is 12.6. The van der Waals surface area contributed by atoms with E-state index in [9.17, 15) is 4.79 Å². The molecule has 4 nitrogen and oxygen atoms in total. The highest BCUT2D eigenvalue weighted by Crippen LogP contribution is 2.10. The Morgan fingerprint density at radius 1 is 0.857 bits per heavy atom. The number of hydrogen-bond acceptors (Lipinski definition) is 3. The monoisotopic (exact) mass is 303 g/mol. The highest BCUT2D eigenvalue weighted by Gasteiger charge is 1.96. The average Bonchev–Trinajstić information content (AvgIpc) is 2.46. The number of carboxylic acid groups (broad SMARTS) is 1. The Bertz CT molecular complexity index is 194. The van der Waals surface area contributed by atoms with E-state index in [1.54, 1.807) is 0 Å². The van der Waals surface area contributed by atoms with E-state index in [1.165, 1.54) is 44.9 Å². The van der Waals surface area contributed by atoms with Crippen molar-refractivity contribution in [1.29, 1.82) is 0 Å². The van der Waals surface area contributed by atoms with Gasteiger partial charge in [0.25, 0.3) is 0 Å². The number of hydrogen-bond donors (Lipinski definition) is 2. The van der Waals surface area contributed by atoms with Crippen LogP contribution in [0, 0.1) is 0 Å². The van der Waals surface area contributed by atoms with Gasteiger partial charge in [-0.15, -0.1) is 0 Å². The van der Waals surface area contributed by atoms with Gasteiger partial charge in [-0.3, -0.25) is 4.79 Å². The lowest BCUT2D eigenvalue weighted by molar-refractivity contribution is -0.137. The summed E-state index contributed by atoms with van der Waals surface area (Å²) in [5.41, 5.74) is 2.75. The van der Waals surface area contributed by atoms with Crippen LogP contribution in [0.15, 0.2) is 0 Å². The maximum atomic E-state index is 10.2. The number of rotatable bonds is 14. The molecular weight excluding hydrogens is 266 g/mol. The molecule has 21 heavy (non-hydrogen) atoms. The molecule has 0 aromatic carbocycles. The Kier molecular flexibility index (Phi) is 23.4. The van der Waals surface area contributed by atoms with Crippen LogP contribution in [0.2, 0.25) is 0 Å².